The molecule has 1 saturated heterocycles. The number of hydrogen-bond donors (Lipinski definition) is 1. The van der Waals surface area contributed by atoms with Crippen molar-refractivity contribution in [2.75, 3.05) is 13.1 Å². The fourth-order valence-corrected chi connectivity index (χ4v) is 3.15. The van der Waals surface area contributed by atoms with Crippen molar-refractivity contribution < 1.29 is 4.79 Å². The molecule has 0 bridgehead atoms. The Morgan fingerprint density at radius 3 is 3.09 bits per heavy atom. The van der Waals surface area contributed by atoms with Crippen molar-refractivity contribution in [2.45, 2.75) is 45.1 Å². The molecule has 3 rings (SSSR count). The third-order valence-corrected chi connectivity index (χ3v) is 4.45. The van der Waals surface area contributed by atoms with Gasteiger partial charge < -0.3 is 9.47 Å². The number of aryl methyl sites for hydroxylation is 2. The van der Waals surface area contributed by atoms with Gasteiger partial charge in [-0.3, -0.25) is 9.89 Å². The molecule has 0 radical (unpaired) electrons. The Labute approximate surface area is 130 Å². The lowest BCUT2D eigenvalue weighted by Gasteiger charge is -2.32. The maximum Gasteiger partial charge on any atom is 0.222 e. The Balaban J connectivity index is 1.48. The summed E-state index contributed by atoms with van der Waals surface area (Å²) in [6.45, 7) is 4.54. The quantitative estimate of drug-likeness (QED) is 0.919. The molecule has 1 aliphatic heterocycles. The third-order valence-electron chi connectivity index (χ3n) is 4.45. The van der Waals surface area contributed by atoms with Gasteiger partial charge in [0.25, 0.3) is 0 Å². The van der Waals surface area contributed by atoms with E-state index in [0.717, 1.165) is 50.4 Å². The first-order valence-corrected chi connectivity index (χ1v) is 7.99. The number of piperidine rings is 1. The summed E-state index contributed by atoms with van der Waals surface area (Å²) in [7, 11) is 0. The van der Waals surface area contributed by atoms with Gasteiger partial charge in [0, 0.05) is 56.3 Å². The zero-order valence-corrected chi connectivity index (χ0v) is 13.0. The summed E-state index contributed by atoms with van der Waals surface area (Å²) in [5.41, 5.74) is 1.14. The molecule has 0 aliphatic carbocycles. The van der Waals surface area contributed by atoms with Crippen molar-refractivity contribution in [1.29, 1.82) is 0 Å². The minimum atomic E-state index is 0.266. The Kier molecular flexibility index (Phi) is 4.56. The molecule has 0 aromatic carbocycles. The highest BCUT2D eigenvalue weighted by Gasteiger charge is 2.25. The van der Waals surface area contributed by atoms with Gasteiger partial charge in [0.1, 0.15) is 5.82 Å². The Bertz CT molecular complexity index is 604. The van der Waals surface area contributed by atoms with Crippen molar-refractivity contribution in [3.8, 4) is 0 Å². The monoisotopic (exact) mass is 301 g/mol. The second-order valence-corrected chi connectivity index (χ2v) is 5.96. The van der Waals surface area contributed by atoms with Gasteiger partial charge in [-0.15, -0.1) is 0 Å². The van der Waals surface area contributed by atoms with Gasteiger partial charge in [-0.05, 0) is 32.3 Å². The van der Waals surface area contributed by atoms with E-state index < -0.39 is 0 Å². The molecule has 6 heteroatoms. The first-order chi connectivity index (χ1) is 10.7. The van der Waals surface area contributed by atoms with E-state index >= 15 is 0 Å². The summed E-state index contributed by atoms with van der Waals surface area (Å²) in [4.78, 5) is 18.6. The fourth-order valence-electron chi connectivity index (χ4n) is 3.15. The first kappa shape index (κ1) is 14.8. The normalized spacial score (nSPS) is 18.6. The maximum atomic E-state index is 12.4. The van der Waals surface area contributed by atoms with Crippen LogP contribution in [0.15, 0.2) is 24.7 Å². The largest absolute Gasteiger partial charge is 0.342 e. The molecule has 2 aromatic heterocycles. The van der Waals surface area contributed by atoms with E-state index in [0.29, 0.717) is 12.3 Å². The summed E-state index contributed by atoms with van der Waals surface area (Å²) in [6, 6.07) is 2.01. The zero-order valence-electron chi connectivity index (χ0n) is 13.0. The molecule has 1 amide bonds. The standard InChI is InChI=1S/C16H23N5O/c1-13-17-8-11-20(13)9-3-5-16(22)21-10-2-4-14(12-21)15-6-7-18-19-15/h6-8,11,14H,2-5,9-10,12H2,1H3,(H,18,19)/t14-/m0/s1. The highest BCUT2D eigenvalue weighted by Crippen LogP contribution is 2.25. The lowest BCUT2D eigenvalue weighted by molar-refractivity contribution is -0.132. The summed E-state index contributed by atoms with van der Waals surface area (Å²) in [6.07, 6.45) is 9.21. The molecular weight excluding hydrogens is 278 g/mol. The van der Waals surface area contributed by atoms with Crippen LogP contribution >= 0.6 is 0 Å². The van der Waals surface area contributed by atoms with E-state index in [-0.39, 0.29) is 5.91 Å². The number of imidazole rings is 1. The molecule has 118 valence electrons. The van der Waals surface area contributed by atoms with Crippen molar-refractivity contribution >= 4 is 5.91 Å². The van der Waals surface area contributed by atoms with Crippen LogP contribution in [-0.2, 0) is 11.3 Å². The van der Waals surface area contributed by atoms with E-state index in [1.165, 1.54) is 0 Å². The van der Waals surface area contributed by atoms with Gasteiger partial charge in [0.2, 0.25) is 5.91 Å². The van der Waals surface area contributed by atoms with Gasteiger partial charge in [-0.1, -0.05) is 0 Å². The van der Waals surface area contributed by atoms with Crippen LogP contribution in [0.3, 0.4) is 0 Å². The lowest BCUT2D eigenvalue weighted by Crippen LogP contribution is -2.39. The fraction of sp³-hybridized carbons (Fsp3) is 0.562. The molecule has 3 heterocycles. The summed E-state index contributed by atoms with van der Waals surface area (Å²) in [5.74, 6) is 1.67. The second kappa shape index (κ2) is 6.77. The van der Waals surface area contributed by atoms with Gasteiger partial charge in [0.15, 0.2) is 0 Å². The van der Waals surface area contributed by atoms with E-state index in [9.17, 15) is 4.79 Å². The Morgan fingerprint density at radius 1 is 1.45 bits per heavy atom. The predicted molar refractivity (Wildman–Crippen MR) is 83.3 cm³/mol. The van der Waals surface area contributed by atoms with Crippen LogP contribution in [0.2, 0.25) is 0 Å². The number of aromatic nitrogens is 4. The molecule has 0 unspecified atom stereocenters. The van der Waals surface area contributed by atoms with Gasteiger partial charge in [-0.25, -0.2) is 4.98 Å². The molecule has 0 spiro atoms. The van der Waals surface area contributed by atoms with Crippen LogP contribution in [0, 0.1) is 6.92 Å². The van der Waals surface area contributed by atoms with E-state index in [2.05, 4.69) is 19.7 Å². The number of carbonyl (C=O) groups is 1. The summed E-state index contributed by atoms with van der Waals surface area (Å²) < 4.78 is 2.09. The molecule has 1 fully saturated rings. The first-order valence-electron chi connectivity index (χ1n) is 7.99. The third kappa shape index (κ3) is 3.37. The molecule has 22 heavy (non-hydrogen) atoms. The average molecular weight is 301 g/mol. The Morgan fingerprint density at radius 2 is 2.36 bits per heavy atom. The van der Waals surface area contributed by atoms with E-state index in [1.54, 1.807) is 12.4 Å². The molecule has 0 saturated carbocycles. The minimum absolute atomic E-state index is 0.266. The van der Waals surface area contributed by atoms with Crippen LogP contribution in [0.1, 0.15) is 43.1 Å². The smallest absolute Gasteiger partial charge is 0.222 e. The molecular formula is C16H23N5O. The van der Waals surface area contributed by atoms with Gasteiger partial charge in [-0.2, -0.15) is 5.10 Å². The van der Waals surface area contributed by atoms with E-state index in [4.69, 9.17) is 0 Å². The Hall–Kier alpha value is -2.11. The summed E-state index contributed by atoms with van der Waals surface area (Å²) in [5, 5.41) is 7.05. The van der Waals surface area contributed by atoms with Crippen molar-refractivity contribution in [1.82, 2.24) is 24.6 Å². The number of aromatic amines is 1. The molecule has 2 aromatic rings. The second-order valence-electron chi connectivity index (χ2n) is 5.96. The van der Waals surface area contributed by atoms with Crippen molar-refractivity contribution in [2.24, 2.45) is 0 Å². The van der Waals surface area contributed by atoms with E-state index in [1.807, 2.05) is 24.1 Å². The molecule has 1 N–H and O–H groups in total. The highest BCUT2D eigenvalue weighted by molar-refractivity contribution is 5.76. The van der Waals surface area contributed by atoms with Crippen LogP contribution in [-0.4, -0.2) is 43.6 Å². The SMILES string of the molecule is Cc1nccn1CCCC(=O)N1CCC[C@H](c2ccn[nH]2)C1. The van der Waals surface area contributed by atoms with Crippen LogP contribution < -0.4 is 0 Å². The predicted octanol–water partition coefficient (Wildman–Crippen LogP) is 2.10. The van der Waals surface area contributed by atoms with Crippen molar-refractivity contribution in [3.63, 3.8) is 0 Å². The number of nitrogens with one attached hydrogen (secondary N) is 1. The van der Waals surface area contributed by atoms with Crippen LogP contribution in [0.5, 0.6) is 0 Å². The minimum Gasteiger partial charge on any atom is -0.342 e. The molecule has 6 nitrogen and oxygen atoms in total. The summed E-state index contributed by atoms with van der Waals surface area (Å²) >= 11 is 0. The number of carbonyl (C=O) groups excluding carboxylic acids is 1. The molecule has 1 aliphatic rings. The number of amides is 1. The number of likely N-dealkylation sites (tertiary alicyclic amines) is 1. The highest BCUT2D eigenvalue weighted by atomic mass is 16.2. The topological polar surface area (TPSA) is 66.8 Å². The molecule has 1 atom stereocenters. The van der Waals surface area contributed by atoms with Gasteiger partial charge >= 0.3 is 0 Å². The zero-order chi connectivity index (χ0) is 15.4. The van der Waals surface area contributed by atoms with Crippen LogP contribution in [0.4, 0.5) is 0 Å². The lowest BCUT2D eigenvalue weighted by atomic mass is 9.94. The van der Waals surface area contributed by atoms with Crippen molar-refractivity contribution in [3.05, 3.63) is 36.2 Å². The van der Waals surface area contributed by atoms with Gasteiger partial charge in [0.05, 0.1) is 0 Å². The maximum absolute atomic E-state index is 12.4. The number of H-pyrrole nitrogens is 1. The number of hydrogen-bond acceptors (Lipinski definition) is 3. The average Bonchev–Trinajstić information content (AvgIpc) is 3.20. The number of rotatable bonds is 5. The number of nitrogens with zero attached hydrogens (tertiary/aromatic N) is 4. The van der Waals surface area contributed by atoms with Crippen LogP contribution in [0.25, 0.3) is 0 Å².